The van der Waals surface area contributed by atoms with E-state index in [0.29, 0.717) is 13.2 Å². The minimum absolute atomic E-state index is 0.0164. The summed E-state index contributed by atoms with van der Waals surface area (Å²) in [6.07, 6.45) is 3.58. The number of rotatable bonds is 4. The van der Waals surface area contributed by atoms with Crippen molar-refractivity contribution < 1.29 is 9.59 Å². The standard InChI is InChI=1S/C17H21N5O2/c1-3-20-12-21(11-16(20)23)17(24)19-13(2)14-7-4-5-8-15(14)22-10-6-9-18-22/h4-10,13H,3,11-12H2,1-2H3,(H,19,24)/t13-/m0/s1. The Morgan fingerprint density at radius 2 is 2.12 bits per heavy atom. The van der Waals surface area contributed by atoms with E-state index < -0.39 is 0 Å². The Kier molecular flexibility index (Phi) is 4.50. The van der Waals surface area contributed by atoms with Crippen LogP contribution in [0.3, 0.4) is 0 Å². The van der Waals surface area contributed by atoms with E-state index in [1.54, 1.807) is 15.8 Å². The fourth-order valence-corrected chi connectivity index (χ4v) is 2.84. The molecule has 1 atom stereocenters. The van der Waals surface area contributed by atoms with Gasteiger partial charge in [0.25, 0.3) is 0 Å². The van der Waals surface area contributed by atoms with Crippen LogP contribution < -0.4 is 5.32 Å². The number of nitrogens with zero attached hydrogens (tertiary/aromatic N) is 4. The molecular formula is C17H21N5O2. The second-order valence-corrected chi connectivity index (χ2v) is 5.77. The van der Waals surface area contributed by atoms with E-state index in [-0.39, 0.29) is 24.5 Å². The van der Waals surface area contributed by atoms with Crippen molar-refractivity contribution in [3.05, 3.63) is 48.3 Å². The molecule has 0 bridgehead atoms. The highest BCUT2D eigenvalue weighted by molar-refractivity contribution is 5.87. The fraction of sp³-hybridized carbons (Fsp3) is 0.353. The average Bonchev–Trinajstić information content (AvgIpc) is 3.24. The van der Waals surface area contributed by atoms with Gasteiger partial charge in [-0.15, -0.1) is 0 Å². The van der Waals surface area contributed by atoms with Crippen molar-refractivity contribution in [3.63, 3.8) is 0 Å². The van der Waals surface area contributed by atoms with Crippen LogP contribution in [0.15, 0.2) is 42.7 Å². The van der Waals surface area contributed by atoms with Crippen LogP contribution >= 0.6 is 0 Å². The zero-order valence-corrected chi connectivity index (χ0v) is 13.8. The second-order valence-electron chi connectivity index (χ2n) is 5.77. The molecule has 7 heteroatoms. The summed E-state index contributed by atoms with van der Waals surface area (Å²) in [7, 11) is 0. The molecule has 3 amide bonds. The van der Waals surface area contributed by atoms with Crippen molar-refractivity contribution in [3.8, 4) is 5.69 Å². The molecule has 1 aliphatic rings. The van der Waals surface area contributed by atoms with E-state index in [9.17, 15) is 9.59 Å². The highest BCUT2D eigenvalue weighted by atomic mass is 16.2. The Bertz CT molecular complexity index is 728. The summed E-state index contributed by atoms with van der Waals surface area (Å²) in [6.45, 7) is 4.92. The number of para-hydroxylation sites is 1. The first-order valence-electron chi connectivity index (χ1n) is 8.02. The summed E-state index contributed by atoms with van der Waals surface area (Å²) in [5.41, 5.74) is 1.88. The van der Waals surface area contributed by atoms with E-state index in [4.69, 9.17) is 0 Å². The van der Waals surface area contributed by atoms with E-state index >= 15 is 0 Å². The van der Waals surface area contributed by atoms with Crippen molar-refractivity contribution in [2.45, 2.75) is 19.9 Å². The molecule has 2 aromatic rings. The summed E-state index contributed by atoms with van der Waals surface area (Å²) in [6, 6.07) is 9.22. The molecule has 3 rings (SSSR count). The van der Waals surface area contributed by atoms with Crippen molar-refractivity contribution in [2.24, 2.45) is 0 Å². The molecule has 126 valence electrons. The van der Waals surface area contributed by atoms with Gasteiger partial charge in [0.15, 0.2) is 0 Å². The van der Waals surface area contributed by atoms with Crippen LogP contribution in [0, 0.1) is 0 Å². The van der Waals surface area contributed by atoms with Gasteiger partial charge in [0.1, 0.15) is 6.54 Å². The normalized spacial score (nSPS) is 15.7. The molecule has 0 spiro atoms. The first-order chi connectivity index (χ1) is 11.6. The number of hydrogen-bond donors (Lipinski definition) is 1. The first kappa shape index (κ1) is 16.0. The van der Waals surface area contributed by atoms with Crippen molar-refractivity contribution in [2.75, 3.05) is 19.8 Å². The van der Waals surface area contributed by atoms with Gasteiger partial charge in [0, 0.05) is 18.9 Å². The third-order valence-corrected chi connectivity index (χ3v) is 4.18. The fourth-order valence-electron chi connectivity index (χ4n) is 2.84. The lowest BCUT2D eigenvalue weighted by Gasteiger charge is -2.22. The molecule has 0 radical (unpaired) electrons. The summed E-state index contributed by atoms with van der Waals surface area (Å²) >= 11 is 0. The summed E-state index contributed by atoms with van der Waals surface area (Å²) < 4.78 is 1.77. The lowest BCUT2D eigenvalue weighted by Crippen LogP contribution is -2.40. The Morgan fingerprint density at radius 1 is 1.33 bits per heavy atom. The quantitative estimate of drug-likeness (QED) is 0.930. The number of benzene rings is 1. The predicted octanol–water partition coefficient (Wildman–Crippen LogP) is 1.76. The van der Waals surface area contributed by atoms with Crippen molar-refractivity contribution in [1.29, 1.82) is 0 Å². The van der Waals surface area contributed by atoms with Gasteiger partial charge >= 0.3 is 6.03 Å². The van der Waals surface area contributed by atoms with E-state index in [1.165, 1.54) is 4.90 Å². The Balaban J connectivity index is 1.73. The van der Waals surface area contributed by atoms with Gasteiger partial charge in [-0.1, -0.05) is 18.2 Å². The second kappa shape index (κ2) is 6.74. The SMILES string of the molecule is CCN1CN(C(=O)N[C@@H](C)c2ccccc2-n2cccn2)CC1=O. The minimum atomic E-state index is -0.234. The maximum atomic E-state index is 12.4. The minimum Gasteiger partial charge on any atom is -0.331 e. The predicted molar refractivity (Wildman–Crippen MR) is 89.5 cm³/mol. The molecule has 7 nitrogen and oxygen atoms in total. The van der Waals surface area contributed by atoms with Crippen LogP contribution in [0.2, 0.25) is 0 Å². The molecule has 1 aromatic carbocycles. The smallest absolute Gasteiger partial charge is 0.319 e. The molecular weight excluding hydrogens is 306 g/mol. The lowest BCUT2D eigenvalue weighted by atomic mass is 10.1. The van der Waals surface area contributed by atoms with Crippen LogP contribution in [0.5, 0.6) is 0 Å². The number of likely N-dealkylation sites (N-methyl/N-ethyl adjacent to an activating group) is 1. The van der Waals surface area contributed by atoms with E-state index in [1.807, 2.05) is 50.4 Å². The molecule has 24 heavy (non-hydrogen) atoms. The molecule has 1 aromatic heterocycles. The molecule has 0 saturated carbocycles. The summed E-state index contributed by atoms with van der Waals surface area (Å²) in [5, 5.41) is 7.23. The van der Waals surface area contributed by atoms with Gasteiger partial charge in [-0.05, 0) is 31.5 Å². The third kappa shape index (κ3) is 3.10. The van der Waals surface area contributed by atoms with Gasteiger partial charge in [0.2, 0.25) is 5.91 Å². The maximum Gasteiger partial charge on any atom is 0.319 e. The van der Waals surface area contributed by atoms with Gasteiger partial charge in [0.05, 0.1) is 18.4 Å². The van der Waals surface area contributed by atoms with Crippen molar-refractivity contribution >= 4 is 11.9 Å². The number of hydrogen-bond acceptors (Lipinski definition) is 3. The largest absolute Gasteiger partial charge is 0.331 e. The average molecular weight is 327 g/mol. The maximum absolute atomic E-state index is 12.4. The number of carbonyl (C=O) groups excluding carboxylic acids is 2. The molecule has 1 N–H and O–H groups in total. The summed E-state index contributed by atoms with van der Waals surface area (Å²) in [4.78, 5) is 27.4. The zero-order valence-electron chi connectivity index (χ0n) is 13.8. The number of urea groups is 1. The zero-order chi connectivity index (χ0) is 17.1. The topological polar surface area (TPSA) is 70.5 Å². The molecule has 1 aliphatic heterocycles. The molecule has 0 aliphatic carbocycles. The number of carbonyl (C=O) groups is 2. The van der Waals surface area contributed by atoms with Crippen LogP contribution in [-0.4, -0.2) is 51.3 Å². The molecule has 0 unspecified atom stereocenters. The van der Waals surface area contributed by atoms with Crippen LogP contribution in [0.25, 0.3) is 5.69 Å². The van der Waals surface area contributed by atoms with Crippen LogP contribution in [0.1, 0.15) is 25.5 Å². The Morgan fingerprint density at radius 3 is 2.79 bits per heavy atom. The highest BCUT2D eigenvalue weighted by Gasteiger charge is 2.30. The van der Waals surface area contributed by atoms with Gasteiger partial charge < -0.3 is 10.2 Å². The van der Waals surface area contributed by atoms with E-state index in [0.717, 1.165) is 11.3 Å². The van der Waals surface area contributed by atoms with Gasteiger partial charge in [-0.3, -0.25) is 9.69 Å². The molecule has 1 fully saturated rings. The summed E-state index contributed by atoms with van der Waals surface area (Å²) in [5.74, 6) is -0.0164. The monoisotopic (exact) mass is 327 g/mol. The molecule has 1 saturated heterocycles. The Labute approximate surface area is 140 Å². The number of amides is 3. The van der Waals surface area contributed by atoms with Crippen molar-refractivity contribution in [1.82, 2.24) is 24.9 Å². The highest BCUT2D eigenvalue weighted by Crippen LogP contribution is 2.21. The number of nitrogens with one attached hydrogen (secondary N) is 1. The molecule has 2 heterocycles. The third-order valence-electron chi connectivity index (χ3n) is 4.18. The van der Waals surface area contributed by atoms with E-state index in [2.05, 4.69) is 10.4 Å². The van der Waals surface area contributed by atoms with Crippen LogP contribution in [0.4, 0.5) is 4.79 Å². The Hall–Kier alpha value is -2.83. The van der Waals surface area contributed by atoms with Gasteiger partial charge in [-0.25, -0.2) is 9.48 Å². The van der Waals surface area contributed by atoms with Gasteiger partial charge in [-0.2, -0.15) is 5.10 Å². The first-order valence-corrected chi connectivity index (χ1v) is 8.02. The lowest BCUT2D eigenvalue weighted by molar-refractivity contribution is -0.126. The van der Waals surface area contributed by atoms with Crippen LogP contribution in [-0.2, 0) is 4.79 Å². The number of aromatic nitrogens is 2.